The lowest BCUT2D eigenvalue weighted by Gasteiger charge is -2.16. The highest BCUT2D eigenvalue weighted by Crippen LogP contribution is 2.40. The second-order valence-electron chi connectivity index (χ2n) is 3.22. The van der Waals surface area contributed by atoms with Crippen molar-refractivity contribution in [3.05, 3.63) is 23.8 Å². The van der Waals surface area contributed by atoms with Gasteiger partial charge in [0, 0.05) is 5.56 Å². The van der Waals surface area contributed by atoms with Crippen LogP contribution in [-0.4, -0.2) is 17.3 Å². The number of phenols is 1. The quantitative estimate of drug-likeness (QED) is 0.871. The molecule has 0 aromatic heterocycles. The molecule has 0 spiro atoms. The number of aromatic hydroxyl groups is 1. The van der Waals surface area contributed by atoms with Gasteiger partial charge in [-0.2, -0.15) is 0 Å². The Labute approximate surface area is 103 Å². The zero-order valence-electron chi connectivity index (χ0n) is 8.58. The van der Waals surface area contributed by atoms with Crippen LogP contribution >= 0.6 is 15.9 Å². The van der Waals surface area contributed by atoms with Gasteiger partial charge < -0.3 is 9.84 Å². The van der Waals surface area contributed by atoms with Crippen molar-refractivity contribution >= 4 is 21.7 Å². The number of halogens is 4. The van der Waals surface area contributed by atoms with E-state index in [-0.39, 0.29) is 5.56 Å². The topological polar surface area (TPSA) is 46.5 Å². The second-order valence-corrected chi connectivity index (χ2v) is 4.13. The van der Waals surface area contributed by atoms with E-state index in [4.69, 9.17) is 0 Å². The fourth-order valence-corrected chi connectivity index (χ4v) is 1.55. The lowest BCUT2D eigenvalue weighted by Crippen LogP contribution is -2.19. The Hall–Kier alpha value is -1.24. The standard InChI is InChI=1S/C10H8BrF3O3/c1-5(15)8(11)6-3-2-4-7(16)9(6)17-10(12,13)14/h2-4,8,16H,1H3. The summed E-state index contributed by atoms with van der Waals surface area (Å²) in [5.41, 5.74) is -0.0742. The molecule has 1 aromatic carbocycles. The molecular weight excluding hydrogens is 305 g/mol. The number of ketones is 1. The number of phenolic OH excluding ortho intramolecular Hbond substituents is 1. The van der Waals surface area contributed by atoms with Crippen molar-refractivity contribution in [2.75, 3.05) is 0 Å². The van der Waals surface area contributed by atoms with Gasteiger partial charge in [0.25, 0.3) is 0 Å². The third kappa shape index (κ3) is 3.62. The van der Waals surface area contributed by atoms with Gasteiger partial charge in [0.05, 0.1) is 0 Å². The minimum absolute atomic E-state index is 0.0742. The van der Waals surface area contributed by atoms with E-state index in [0.717, 1.165) is 6.07 Å². The van der Waals surface area contributed by atoms with Crippen LogP contribution in [0.3, 0.4) is 0 Å². The molecule has 3 nitrogen and oxygen atoms in total. The molecule has 1 unspecified atom stereocenters. The van der Waals surface area contributed by atoms with E-state index in [1.54, 1.807) is 0 Å². The lowest BCUT2D eigenvalue weighted by atomic mass is 10.1. The molecule has 0 aliphatic carbocycles. The summed E-state index contributed by atoms with van der Waals surface area (Å²) >= 11 is 2.93. The fourth-order valence-electron chi connectivity index (χ4n) is 1.19. The van der Waals surface area contributed by atoms with Gasteiger partial charge in [0.15, 0.2) is 11.5 Å². The highest BCUT2D eigenvalue weighted by Gasteiger charge is 2.34. The maximum Gasteiger partial charge on any atom is 0.573 e. The zero-order chi connectivity index (χ0) is 13.2. The van der Waals surface area contributed by atoms with Crippen LogP contribution in [0.5, 0.6) is 11.5 Å². The van der Waals surface area contributed by atoms with E-state index in [0.29, 0.717) is 0 Å². The van der Waals surface area contributed by atoms with Gasteiger partial charge >= 0.3 is 6.36 Å². The van der Waals surface area contributed by atoms with Crippen LogP contribution in [-0.2, 0) is 4.79 Å². The van der Waals surface area contributed by atoms with E-state index >= 15 is 0 Å². The van der Waals surface area contributed by atoms with Crippen LogP contribution in [0, 0.1) is 0 Å². The van der Waals surface area contributed by atoms with Crippen LogP contribution in [0.4, 0.5) is 13.2 Å². The van der Waals surface area contributed by atoms with Crippen molar-refractivity contribution in [3.63, 3.8) is 0 Å². The molecule has 0 aliphatic heterocycles. The molecule has 0 bridgehead atoms. The van der Waals surface area contributed by atoms with Gasteiger partial charge in [-0.1, -0.05) is 28.1 Å². The minimum Gasteiger partial charge on any atom is -0.504 e. The molecule has 1 N–H and O–H groups in total. The SMILES string of the molecule is CC(=O)C(Br)c1cccc(O)c1OC(F)(F)F. The number of ether oxygens (including phenoxy) is 1. The Morgan fingerprint density at radius 3 is 2.53 bits per heavy atom. The Morgan fingerprint density at radius 1 is 1.47 bits per heavy atom. The van der Waals surface area contributed by atoms with Crippen molar-refractivity contribution in [1.82, 2.24) is 0 Å². The first-order valence-corrected chi connectivity index (χ1v) is 5.36. The monoisotopic (exact) mass is 312 g/mol. The summed E-state index contributed by atoms with van der Waals surface area (Å²) in [6.07, 6.45) is -4.93. The molecule has 17 heavy (non-hydrogen) atoms. The highest BCUT2D eigenvalue weighted by molar-refractivity contribution is 9.09. The number of benzene rings is 1. The van der Waals surface area contributed by atoms with Crippen molar-refractivity contribution in [2.45, 2.75) is 18.1 Å². The molecule has 0 aliphatic rings. The van der Waals surface area contributed by atoms with E-state index in [1.165, 1.54) is 19.1 Å². The van der Waals surface area contributed by atoms with Crippen LogP contribution in [0.15, 0.2) is 18.2 Å². The van der Waals surface area contributed by atoms with Crippen molar-refractivity contribution in [1.29, 1.82) is 0 Å². The summed E-state index contributed by atoms with van der Waals surface area (Å²) < 4.78 is 40.1. The first-order valence-electron chi connectivity index (χ1n) is 4.44. The molecule has 1 atom stereocenters. The normalized spacial score (nSPS) is 13.2. The van der Waals surface area contributed by atoms with Crippen LogP contribution in [0.2, 0.25) is 0 Å². The summed E-state index contributed by atoms with van der Waals surface area (Å²) in [6, 6.07) is 3.64. The first kappa shape index (κ1) is 13.8. The summed E-state index contributed by atoms with van der Waals surface area (Å²) in [6.45, 7) is 1.21. The van der Waals surface area contributed by atoms with Crippen molar-refractivity contribution in [2.24, 2.45) is 0 Å². The number of carbonyl (C=O) groups excluding carboxylic acids is 1. The molecule has 94 valence electrons. The second kappa shape index (κ2) is 4.95. The lowest BCUT2D eigenvalue weighted by molar-refractivity contribution is -0.275. The average molecular weight is 313 g/mol. The molecule has 0 saturated carbocycles. The predicted octanol–water partition coefficient (Wildman–Crippen LogP) is 3.32. The number of carbonyl (C=O) groups is 1. The molecular formula is C10H8BrF3O3. The van der Waals surface area contributed by atoms with E-state index in [2.05, 4.69) is 20.7 Å². The maximum atomic E-state index is 12.1. The molecule has 0 heterocycles. The summed E-state index contributed by atoms with van der Waals surface area (Å²) in [5.74, 6) is -1.84. The Kier molecular flexibility index (Phi) is 4.03. The van der Waals surface area contributed by atoms with Gasteiger partial charge in [-0.25, -0.2) is 0 Å². The minimum atomic E-state index is -4.93. The van der Waals surface area contributed by atoms with E-state index < -0.39 is 28.5 Å². The fraction of sp³-hybridized carbons (Fsp3) is 0.300. The number of rotatable bonds is 3. The van der Waals surface area contributed by atoms with Gasteiger partial charge in [-0.3, -0.25) is 4.79 Å². The summed E-state index contributed by atoms with van der Waals surface area (Å²) in [5, 5.41) is 9.33. The largest absolute Gasteiger partial charge is 0.573 e. The number of alkyl halides is 4. The third-order valence-corrected chi connectivity index (χ3v) is 3.01. The Morgan fingerprint density at radius 2 is 2.06 bits per heavy atom. The van der Waals surface area contributed by atoms with Gasteiger partial charge in [0.2, 0.25) is 0 Å². The van der Waals surface area contributed by atoms with Crippen LogP contribution in [0.1, 0.15) is 17.3 Å². The summed E-state index contributed by atoms with van der Waals surface area (Å²) in [4.78, 5) is 10.1. The van der Waals surface area contributed by atoms with Gasteiger partial charge in [0.1, 0.15) is 10.6 Å². The maximum absolute atomic E-state index is 12.1. The predicted molar refractivity (Wildman–Crippen MR) is 57.1 cm³/mol. The number of para-hydroxylation sites is 1. The number of Topliss-reactive ketones (excluding diaryl/α,β-unsaturated/α-hetero) is 1. The summed E-state index contributed by atoms with van der Waals surface area (Å²) in [7, 11) is 0. The molecule has 7 heteroatoms. The molecule has 1 aromatic rings. The molecule has 0 fully saturated rings. The van der Waals surface area contributed by atoms with Gasteiger partial charge in [-0.15, -0.1) is 13.2 Å². The molecule has 1 rings (SSSR count). The van der Waals surface area contributed by atoms with Crippen molar-refractivity contribution < 1.29 is 27.8 Å². The average Bonchev–Trinajstić information content (AvgIpc) is 2.18. The smallest absolute Gasteiger partial charge is 0.504 e. The third-order valence-electron chi connectivity index (χ3n) is 1.87. The highest BCUT2D eigenvalue weighted by atomic mass is 79.9. The van der Waals surface area contributed by atoms with Crippen LogP contribution < -0.4 is 4.74 Å². The molecule has 0 amide bonds. The van der Waals surface area contributed by atoms with E-state index in [9.17, 15) is 23.1 Å². The molecule has 0 saturated heterocycles. The van der Waals surface area contributed by atoms with Gasteiger partial charge in [-0.05, 0) is 13.0 Å². The number of hydrogen-bond acceptors (Lipinski definition) is 3. The van der Waals surface area contributed by atoms with Crippen molar-refractivity contribution in [3.8, 4) is 11.5 Å². The Bertz CT molecular complexity index is 431. The zero-order valence-corrected chi connectivity index (χ0v) is 10.2. The first-order chi connectivity index (χ1) is 7.72. The Balaban J connectivity index is 3.22. The molecule has 0 radical (unpaired) electrons. The van der Waals surface area contributed by atoms with E-state index in [1.807, 2.05) is 0 Å². The van der Waals surface area contributed by atoms with Crippen LogP contribution in [0.25, 0.3) is 0 Å². The number of hydrogen-bond donors (Lipinski definition) is 1.